The van der Waals surface area contributed by atoms with Crippen molar-refractivity contribution in [2.24, 2.45) is 0 Å². The summed E-state index contributed by atoms with van der Waals surface area (Å²) in [6, 6.07) is 2.57. The van der Waals surface area contributed by atoms with E-state index in [1.54, 1.807) is 16.5 Å². The molecule has 1 saturated heterocycles. The second-order valence-electron chi connectivity index (χ2n) is 4.78. The van der Waals surface area contributed by atoms with Crippen LogP contribution >= 0.6 is 0 Å². The number of rotatable bonds is 5. The van der Waals surface area contributed by atoms with Gasteiger partial charge in [0.2, 0.25) is 5.91 Å². The molecule has 1 aliphatic rings. The number of carbonyl (C=O) groups is 2. The van der Waals surface area contributed by atoms with Crippen molar-refractivity contribution in [2.75, 3.05) is 7.05 Å². The Bertz CT molecular complexity index is 307. The molecular formula is C12H24N2O2Si. The third-order valence-corrected chi connectivity index (χ3v) is 9.61. The molecule has 0 aliphatic carbocycles. The summed E-state index contributed by atoms with van der Waals surface area (Å²) >= 11 is 0. The van der Waals surface area contributed by atoms with Gasteiger partial charge >= 0.3 is 6.03 Å². The summed E-state index contributed by atoms with van der Waals surface area (Å²) in [5.74, 6) is 0.0391. The van der Waals surface area contributed by atoms with Crippen molar-refractivity contribution in [3.05, 3.63) is 0 Å². The molecule has 5 heteroatoms. The van der Waals surface area contributed by atoms with Gasteiger partial charge in [0.15, 0.2) is 8.24 Å². The molecule has 0 saturated carbocycles. The number of carbonyl (C=O) groups excluding carboxylic acids is 2. The van der Waals surface area contributed by atoms with E-state index in [4.69, 9.17) is 0 Å². The summed E-state index contributed by atoms with van der Waals surface area (Å²) in [5, 5.41) is 0. The van der Waals surface area contributed by atoms with E-state index in [-0.39, 0.29) is 18.0 Å². The van der Waals surface area contributed by atoms with E-state index in [0.29, 0.717) is 6.42 Å². The van der Waals surface area contributed by atoms with E-state index in [2.05, 4.69) is 20.8 Å². The summed E-state index contributed by atoms with van der Waals surface area (Å²) in [6.07, 6.45) is 0.708. The van der Waals surface area contributed by atoms with Crippen LogP contribution in [0.25, 0.3) is 0 Å². The Labute approximate surface area is 105 Å². The zero-order valence-electron chi connectivity index (χ0n) is 11.6. The fourth-order valence-corrected chi connectivity index (χ4v) is 6.44. The van der Waals surface area contributed by atoms with Crippen molar-refractivity contribution in [3.8, 4) is 0 Å². The molecule has 3 amide bonds. The highest BCUT2D eigenvalue weighted by Crippen LogP contribution is 2.31. The number of hydrogen-bond acceptors (Lipinski definition) is 2. The smallest absolute Gasteiger partial charge is 0.316 e. The Kier molecular flexibility index (Phi) is 4.35. The van der Waals surface area contributed by atoms with Crippen LogP contribution in [0.2, 0.25) is 18.1 Å². The van der Waals surface area contributed by atoms with Crippen molar-refractivity contribution < 1.29 is 9.59 Å². The van der Waals surface area contributed by atoms with E-state index >= 15 is 0 Å². The number of hydrogen-bond donors (Lipinski definition) is 0. The monoisotopic (exact) mass is 256 g/mol. The van der Waals surface area contributed by atoms with Crippen LogP contribution in [0.5, 0.6) is 0 Å². The Hall–Kier alpha value is -0.843. The lowest BCUT2D eigenvalue weighted by molar-refractivity contribution is -0.125. The zero-order chi connectivity index (χ0) is 13.2. The van der Waals surface area contributed by atoms with Gasteiger partial charge in [-0.2, -0.15) is 0 Å². The molecule has 4 nitrogen and oxygen atoms in total. The minimum atomic E-state index is -1.92. The van der Waals surface area contributed by atoms with Gasteiger partial charge in [0.05, 0.1) is 0 Å². The SMILES string of the molecule is CCC1C(=O)N([Si](CC)(CC)CC)C(=O)N1C. The molecule has 1 heterocycles. The molecule has 98 valence electrons. The predicted octanol–water partition coefficient (Wildman–Crippen LogP) is 2.66. The lowest BCUT2D eigenvalue weighted by Gasteiger charge is -2.35. The summed E-state index contributed by atoms with van der Waals surface area (Å²) in [5.41, 5.74) is 0. The topological polar surface area (TPSA) is 40.6 Å². The normalized spacial score (nSPS) is 21.6. The quantitative estimate of drug-likeness (QED) is 0.560. The maximum atomic E-state index is 12.4. The van der Waals surface area contributed by atoms with Crippen LogP contribution in [0, 0.1) is 0 Å². The maximum Gasteiger partial charge on any atom is 0.319 e. The van der Waals surface area contributed by atoms with E-state index in [9.17, 15) is 9.59 Å². The maximum absolute atomic E-state index is 12.4. The highest BCUT2D eigenvalue weighted by molar-refractivity contribution is 6.81. The zero-order valence-corrected chi connectivity index (χ0v) is 12.6. The molecule has 0 spiro atoms. The number of amides is 3. The molecule has 0 bridgehead atoms. The fraction of sp³-hybridized carbons (Fsp3) is 0.833. The van der Waals surface area contributed by atoms with E-state index in [1.165, 1.54) is 0 Å². The molecule has 0 radical (unpaired) electrons. The molecule has 1 aliphatic heterocycles. The molecule has 1 rings (SSSR count). The van der Waals surface area contributed by atoms with Gasteiger partial charge in [0.25, 0.3) is 0 Å². The summed E-state index contributed by atoms with van der Waals surface area (Å²) in [6.45, 7) is 8.29. The van der Waals surface area contributed by atoms with Crippen molar-refractivity contribution in [3.63, 3.8) is 0 Å². The van der Waals surface area contributed by atoms with Crippen LogP contribution in [-0.4, -0.2) is 42.7 Å². The van der Waals surface area contributed by atoms with Crippen LogP contribution in [0.4, 0.5) is 4.79 Å². The lowest BCUT2D eigenvalue weighted by atomic mass is 10.2. The third-order valence-electron chi connectivity index (χ3n) is 4.30. The molecule has 0 N–H and O–H groups in total. The Morgan fingerprint density at radius 2 is 1.53 bits per heavy atom. The Balaban J connectivity index is 3.13. The Morgan fingerprint density at radius 1 is 1.06 bits per heavy atom. The van der Waals surface area contributed by atoms with E-state index in [0.717, 1.165) is 18.1 Å². The highest BCUT2D eigenvalue weighted by Gasteiger charge is 2.51. The second-order valence-corrected chi connectivity index (χ2v) is 9.79. The first-order chi connectivity index (χ1) is 7.98. The summed E-state index contributed by atoms with van der Waals surface area (Å²) in [4.78, 5) is 26.3. The first-order valence-electron chi connectivity index (χ1n) is 6.59. The lowest BCUT2D eigenvalue weighted by Crippen LogP contribution is -2.55. The number of nitrogens with zero attached hydrogens (tertiary/aromatic N) is 2. The van der Waals surface area contributed by atoms with Crippen molar-refractivity contribution in [2.45, 2.75) is 58.3 Å². The first kappa shape index (κ1) is 14.2. The minimum Gasteiger partial charge on any atom is -0.316 e. The molecular weight excluding hydrogens is 232 g/mol. The van der Waals surface area contributed by atoms with Gasteiger partial charge in [-0.25, -0.2) is 4.79 Å². The van der Waals surface area contributed by atoms with Crippen LogP contribution in [0.3, 0.4) is 0 Å². The number of likely N-dealkylation sites (N-methyl/N-ethyl adjacent to an activating group) is 1. The summed E-state index contributed by atoms with van der Waals surface area (Å²) in [7, 11) is -0.173. The largest absolute Gasteiger partial charge is 0.319 e. The van der Waals surface area contributed by atoms with Gasteiger partial charge in [0, 0.05) is 7.05 Å². The van der Waals surface area contributed by atoms with Gasteiger partial charge < -0.3 is 4.90 Å². The fourth-order valence-electron chi connectivity index (χ4n) is 2.81. The first-order valence-corrected chi connectivity index (χ1v) is 9.16. The molecule has 0 aromatic carbocycles. The van der Waals surface area contributed by atoms with Gasteiger partial charge in [-0.3, -0.25) is 9.36 Å². The van der Waals surface area contributed by atoms with Gasteiger partial charge in [-0.15, -0.1) is 0 Å². The molecule has 1 fully saturated rings. The van der Waals surface area contributed by atoms with E-state index in [1.807, 2.05) is 6.92 Å². The van der Waals surface area contributed by atoms with Crippen molar-refractivity contribution >= 4 is 20.2 Å². The van der Waals surface area contributed by atoms with E-state index < -0.39 is 8.24 Å². The van der Waals surface area contributed by atoms with Gasteiger partial charge in [0.1, 0.15) is 6.04 Å². The third kappa shape index (κ3) is 2.01. The van der Waals surface area contributed by atoms with Gasteiger partial charge in [-0.1, -0.05) is 27.7 Å². The number of imide groups is 1. The molecule has 1 atom stereocenters. The van der Waals surface area contributed by atoms with Crippen LogP contribution in [0.15, 0.2) is 0 Å². The van der Waals surface area contributed by atoms with Crippen molar-refractivity contribution in [1.82, 2.24) is 9.47 Å². The van der Waals surface area contributed by atoms with Crippen LogP contribution in [-0.2, 0) is 4.79 Å². The highest BCUT2D eigenvalue weighted by atomic mass is 28.3. The molecule has 0 aromatic heterocycles. The minimum absolute atomic E-state index is 0.0391. The Morgan fingerprint density at radius 3 is 1.82 bits per heavy atom. The standard InChI is InChI=1S/C12H24N2O2Si/c1-6-10-11(15)14(12(16)13(10)5)17(7-2,8-3)9-4/h10H,6-9H2,1-5H3. The molecule has 0 aromatic rings. The number of urea groups is 1. The van der Waals surface area contributed by atoms with Crippen molar-refractivity contribution in [1.29, 1.82) is 0 Å². The molecule has 17 heavy (non-hydrogen) atoms. The van der Waals surface area contributed by atoms with Crippen LogP contribution < -0.4 is 0 Å². The summed E-state index contributed by atoms with van der Waals surface area (Å²) < 4.78 is 1.65. The van der Waals surface area contributed by atoms with Crippen LogP contribution in [0.1, 0.15) is 34.1 Å². The molecule has 1 unspecified atom stereocenters. The average molecular weight is 256 g/mol. The van der Waals surface area contributed by atoms with Gasteiger partial charge in [-0.05, 0) is 24.6 Å². The average Bonchev–Trinajstić information content (AvgIpc) is 2.56. The second kappa shape index (κ2) is 5.21. The predicted molar refractivity (Wildman–Crippen MR) is 71.3 cm³/mol.